The molecule has 1 saturated heterocycles. The highest BCUT2D eigenvalue weighted by molar-refractivity contribution is 5.39. The highest BCUT2D eigenvalue weighted by Crippen LogP contribution is 2.05. The van der Waals surface area contributed by atoms with Crippen molar-refractivity contribution in [2.75, 3.05) is 32.8 Å². The molecule has 1 unspecified atom stereocenters. The summed E-state index contributed by atoms with van der Waals surface area (Å²) >= 11 is 0. The zero-order valence-corrected chi connectivity index (χ0v) is 12.0. The Morgan fingerprint density at radius 3 is 3.00 bits per heavy atom. The first kappa shape index (κ1) is 13.5. The predicted molar refractivity (Wildman–Crippen MR) is 78.8 cm³/mol. The fourth-order valence-electron chi connectivity index (χ4n) is 2.59. The van der Waals surface area contributed by atoms with Gasteiger partial charge in [0.2, 0.25) is 0 Å². The lowest BCUT2D eigenvalue weighted by Gasteiger charge is -2.29. The molecule has 0 aliphatic carbocycles. The topological polar surface area (TPSA) is 41.8 Å². The van der Waals surface area contributed by atoms with Crippen molar-refractivity contribution in [1.29, 1.82) is 0 Å². The van der Waals surface area contributed by atoms with Gasteiger partial charge >= 0.3 is 0 Å². The number of nitrogens with zero attached hydrogens (tertiary/aromatic N) is 3. The Balaban J connectivity index is 1.50. The highest BCUT2D eigenvalue weighted by Gasteiger charge is 2.13. The van der Waals surface area contributed by atoms with Crippen LogP contribution in [0.25, 0.3) is 5.65 Å². The van der Waals surface area contributed by atoms with E-state index in [0.717, 1.165) is 50.7 Å². The summed E-state index contributed by atoms with van der Waals surface area (Å²) < 4.78 is 7.43. The summed E-state index contributed by atoms with van der Waals surface area (Å²) in [4.78, 5) is 7.05. The summed E-state index contributed by atoms with van der Waals surface area (Å²) in [6.07, 6.45) is 4.12. The van der Waals surface area contributed by atoms with Crippen molar-refractivity contribution in [3.05, 3.63) is 36.3 Å². The molecule has 0 bridgehead atoms. The first-order valence-electron chi connectivity index (χ1n) is 7.27. The first-order chi connectivity index (χ1) is 9.81. The Hall–Kier alpha value is -1.43. The van der Waals surface area contributed by atoms with Crippen molar-refractivity contribution >= 4 is 5.65 Å². The van der Waals surface area contributed by atoms with Crippen LogP contribution in [0.2, 0.25) is 0 Å². The van der Waals surface area contributed by atoms with Crippen LogP contribution in [0.4, 0.5) is 0 Å². The third-order valence-corrected chi connectivity index (χ3v) is 3.68. The second-order valence-corrected chi connectivity index (χ2v) is 5.39. The summed E-state index contributed by atoms with van der Waals surface area (Å²) in [5.41, 5.74) is 2.09. The Kier molecular flexibility index (Phi) is 4.30. The van der Waals surface area contributed by atoms with Gasteiger partial charge in [-0.15, -0.1) is 0 Å². The summed E-state index contributed by atoms with van der Waals surface area (Å²) in [6, 6.07) is 6.52. The van der Waals surface area contributed by atoms with Gasteiger partial charge in [-0.1, -0.05) is 6.07 Å². The van der Waals surface area contributed by atoms with Crippen LogP contribution in [0.5, 0.6) is 0 Å². The fourth-order valence-corrected chi connectivity index (χ4v) is 2.59. The number of pyridine rings is 1. The van der Waals surface area contributed by atoms with Crippen LogP contribution >= 0.6 is 0 Å². The lowest BCUT2D eigenvalue weighted by atomic mass is 10.2. The normalized spacial score (nSPS) is 18.4. The molecule has 1 aliphatic rings. The summed E-state index contributed by atoms with van der Waals surface area (Å²) in [5, 5.41) is 3.55. The van der Waals surface area contributed by atoms with Crippen LogP contribution in [0.1, 0.15) is 12.6 Å². The smallest absolute Gasteiger partial charge is 0.137 e. The van der Waals surface area contributed by atoms with Gasteiger partial charge in [-0.3, -0.25) is 4.90 Å². The lowest BCUT2D eigenvalue weighted by Crippen LogP contribution is -2.44. The van der Waals surface area contributed by atoms with Gasteiger partial charge in [0.1, 0.15) is 5.65 Å². The van der Waals surface area contributed by atoms with Gasteiger partial charge in [-0.05, 0) is 19.1 Å². The molecule has 2 aromatic rings. The van der Waals surface area contributed by atoms with Gasteiger partial charge in [-0.25, -0.2) is 4.98 Å². The predicted octanol–water partition coefficient (Wildman–Crippen LogP) is 1.14. The number of imidazole rings is 1. The van der Waals surface area contributed by atoms with E-state index in [1.54, 1.807) is 0 Å². The number of ether oxygens (including phenoxy) is 1. The Morgan fingerprint density at radius 1 is 1.35 bits per heavy atom. The Bertz CT molecular complexity index is 515. The number of nitrogens with one attached hydrogen (secondary N) is 1. The molecule has 3 rings (SSSR count). The molecule has 0 spiro atoms. The molecule has 108 valence electrons. The Labute approximate surface area is 119 Å². The van der Waals surface area contributed by atoms with Gasteiger partial charge in [0.15, 0.2) is 0 Å². The molecule has 0 amide bonds. The number of morpholine rings is 1. The number of rotatable bonds is 5. The van der Waals surface area contributed by atoms with E-state index in [0.29, 0.717) is 6.04 Å². The molecule has 0 aromatic carbocycles. The molecular weight excluding hydrogens is 252 g/mol. The number of hydrogen-bond donors (Lipinski definition) is 1. The van der Waals surface area contributed by atoms with Crippen LogP contribution in [0.15, 0.2) is 30.6 Å². The average molecular weight is 274 g/mol. The van der Waals surface area contributed by atoms with Crippen LogP contribution in [0, 0.1) is 0 Å². The van der Waals surface area contributed by atoms with Gasteiger partial charge in [0, 0.05) is 44.6 Å². The second-order valence-electron chi connectivity index (χ2n) is 5.39. The molecule has 0 radical (unpaired) electrons. The molecule has 0 saturated carbocycles. The van der Waals surface area contributed by atoms with E-state index in [1.165, 1.54) is 0 Å². The van der Waals surface area contributed by atoms with E-state index in [-0.39, 0.29) is 0 Å². The van der Waals surface area contributed by atoms with Crippen molar-refractivity contribution in [3.8, 4) is 0 Å². The van der Waals surface area contributed by atoms with E-state index < -0.39 is 0 Å². The molecule has 1 atom stereocenters. The number of hydrogen-bond acceptors (Lipinski definition) is 4. The van der Waals surface area contributed by atoms with Crippen molar-refractivity contribution in [2.24, 2.45) is 0 Å². The Morgan fingerprint density at radius 2 is 2.20 bits per heavy atom. The SMILES string of the molecule is CC(CN1CCOCC1)NCc1cn2ccccc2n1. The third kappa shape index (κ3) is 3.36. The van der Waals surface area contributed by atoms with Gasteiger partial charge in [-0.2, -0.15) is 0 Å². The van der Waals surface area contributed by atoms with Crippen LogP contribution in [0.3, 0.4) is 0 Å². The molecule has 1 aliphatic heterocycles. The maximum Gasteiger partial charge on any atom is 0.137 e. The van der Waals surface area contributed by atoms with Crippen molar-refractivity contribution in [2.45, 2.75) is 19.5 Å². The molecule has 5 nitrogen and oxygen atoms in total. The molecule has 3 heterocycles. The van der Waals surface area contributed by atoms with Crippen molar-refractivity contribution in [1.82, 2.24) is 19.6 Å². The monoisotopic (exact) mass is 274 g/mol. The zero-order valence-electron chi connectivity index (χ0n) is 12.0. The van der Waals surface area contributed by atoms with E-state index in [2.05, 4.69) is 32.7 Å². The van der Waals surface area contributed by atoms with E-state index >= 15 is 0 Å². The van der Waals surface area contributed by atoms with E-state index in [4.69, 9.17) is 4.74 Å². The van der Waals surface area contributed by atoms with Crippen molar-refractivity contribution in [3.63, 3.8) is 0 Å². The molecule has 2 aromatic heterocycles. The van der Waals surface area contributed by atoms with Crippen LogP contribution < -0.4 is 5.32 Å². The highest BCUT2D eigenvalue weighted by atomic mass is 16.5. The van der Waals surface area contributed by atoms with E-state index in [1.807, 2.05) is 24.4 Å². The largest absolute Gasteiger partial charge is 0.379 e. The molecule has 5 heteroatoms. The van der Waals surface area contributed by atoms with Gasteiger partial charge in [0.25, 0.3) is 0 Å². The van der Waals surface area contributed by atoms with Gasteiger partial charge in [0.05, 0.1) is 18.9 Å². The summed E-state index contributed by atoms with van der Waals surface area (Å²) in [5.74, 6) is 0. The maximum absolute atomic E-state index is 5.37. The molecule has 1 N–H and O–H groups in total. The van der Waals surface area contributed by atoms with Gasteiger partial charge < -0.3 is 14.5 Å². The maximum atomic E-state index is 5.37. The summed E-state index contributed by atoms with van der Waals surface area (Å²) in [6.45, 7) is 7.91. The minimum absolute atomic E-state index is 0.456. The fraction of sp³-hybridized carbons (Fsp3) is 0.533. The second kappa shape index (κ2) is 6.35. The van der Waals surface area contributed by atoms with Crippen molar-refractivity contribution < 1.29 is 4.74 Å². The quantitative estimate of drug-likeness (QED) is 0.888. The molecule has 20 heavy (non-hydrogen) atoms. The minimum Gasteiger partial charge on any atom is -0.379 e. The average Bonchev–Trinajstić information content (AvgIpc) is 2.89. The summed E-state index contributed by atoms with van der Waals surface area (Å²) in [7, 11) is 0. The standard InChI is InChI=1S/C15H22N4O/c1-13(11-18-6-8-20-9-7-18)16-10-14-12-19-5-3-2-4-15(19)17-14/h2-5,12-13,16H,6-11H2,1H3. The molecular formula is C15H22N4O. The third-order valence-electron chi connectivity index (χ3n) is 3.68. The number of fused-ring (bicyclic) bond motifs is 1. The number of aromatic nitrogens is 2. The van der Waals surface area contributed by atoms with Crippen LogP contribution in [-0.4, -0.2) is 53.2 Å². The molecule has 1 fully saturated rings. The minimum atomic E-state index is 0.456. The zero-order chi connectivity index (χ0) is 13.8. The lowest BCUT2D eigenvalue weighted by molar-refractivity contribution is 0.0343. The first-order valence-corrected chi connectivity index (χ1v) is 7.27. The van der Waals surface area contributed by atoms with Crippen LogP contribution in [-0.2, 0) is 11.3 Å². The van der Waals surface area contributed by atoms with E-state index in [9.17, 15) is 0 Å².